The molecular weight excluding hydrogens is 580 g/mol. The van der Waals surface area contributed by atoms with Crippen LogP contribution in [0.3, 0.4) is 0 Å². The molecule has 0 amide bonds. The maximum absolute atomic E-state index is 10.6. The van der Waals surface area contributed by atoms with Crippen LogP contribution in [0.5, 0.6) is 0 Å². The lowest BCUT2D eigenvalue weighted by Crippen LogP contribution is -2.21. The van der Waals surface area contributed by atoms with Crippen LogP contribution in [-0.4, -0.2) is 60.2 Å². The van der Waals surface area contributed by atoms with Crippen molar-refractivity contribution >= 4 is 35.2 Å². The summed E-state index contributed by atoms with van der Waals surface area (Å²) in [5.74, 6) is -2.83. The van der Waals surface area contributed by atoms with Gasteiger partial charge in [-0.3, -0.25) is 4.98 Å². The summed E-state index contributed by atoms with van der Waals surface area (Å²) in [5.41, 5.74) is 5.94. The van der Waals surface area contributed by atoms with Crippen molar-refractivity contribution in [3.05, 3.63) is 61.1 Å². The van der Waals surface area contributed by atoms with Gasteiger partial charge in [0.25, 0.3) is 0 Å². The number of carbonyl (C=O) groups is 2. The molecule has 1 aliphatic heterocycles. The largest absolute Gasteiger partial charge is 0.490 e. The summed E-state index contributed by atoms with van der Waals surface area (Å²) >= 11 is 1.82. The van der Waals surface area contributed by atoms with Crippen LogP contribution in [-0.2, 0) is 9.59 Å². The molecule has 3 aromatic heterocycles. The van der Waals surface area contributed by atoms with Gasteiger partial charge in [-0.15, -0.1) is 11.8 Å². The Bertz CT molecular complexity index is 1450. The number of imidazole rings is 1. The molecule has 0 unspecified atom stereocenters. The third-order valence-corrected chi connectivity index (χ3v) is 5.99. The fraction of sp³-hybridized carbons (Fsp3) is 0.160. The summed E-state index contributed by atoms with van der Waals surface area (Å²) in [5, 5.41) is 17.6. The number of pyridine rings is 2. The number of anilines is 2. The summed E-state index contributed by atoms with van der Waals surface area (Å²) in [6.07, 6.45) is -4.76. The third-order valence-electron chi connectivity index (χ3n) is 5.04. The molecule has 16 heteroatoms. The molecule has 1 aliphatic rings. The van der Waals surface area contributed by atoms with Gasteiger partial charge in [0.15, 0.2) is 0 Å². The van der Waals surface area contributed by atoms with Gasteiger partial charge in [-0.1, -0.05) is 25.1 Å². The fourth-order valence-electron chi connectivity index (χ4n) is 3.37. The fourth-order valence-corrected chi connectivity index (χ4v) is 4.18. The van der Waals surface area contributed by atoms with Gasteiger partial charge in [0, 0.05) is 34.0 Å². The van der Waals surface area contributed by atoms with Crippen LogP contribution >= 0.6 is 11.8 Å². The number of aliphatic carboxylic acids is 2. The topological polar surface area (TPSA) is 141 Å². The molecule has 0 aliphatic carbocycles. The van der Waals surface area contributed by atoms with Gasteiger partial charge in [-0.2, -0.15) is 26.3 Å². The lowest BCUT2D eigenvalue weighted by molar-refractivity contribution is -0.193. The average molecular weight is 600 g/mol. The van der Waals surface area contributed by atoms with E-state index in [1.165, 1.54) is 4.90 Å². The predicted molar refractivity (Wildman–Crippen MR) is 138 cm³/mol. The predicted octanol–water partition coefficient (Wildman–Crippen LogP) is 6.64. The molecule has 0 fully saturated rings. The molecule has 0 bridgehead atoms. The molecule has 0 saturated carbocycles. The van der Waals surface area contributed by atoms with Crippen molar-refractivity contribution < 1.29 is 46.1 Å². The van der Waals surface area contributed by atoms with Crippen molar-refractivity contribution in [1.29, 1.82) is 0 Å². The number of rotatable bonds is 3. The SMILES string of the molecule is CCSc1ccccc1-c1nc2c([nH]1)-c1ccncc1Nc1ncccc1-2.O=C(O)C(F)(F)F.O=C(O)C(F)(F)F. The van der Waals surface area contributed by atoms with Crippen molar-refractivity contribution in [3.8, 4) is 33.9 Å². The van der Waals surface area contributed by atoms with Gasteiger partial charge >= 0.3 is 24.3 Å². The second-order valence-electron chi connectivity index (χ2n) is 7.79. The summed E-state index contributed by atoms with van der Waals surface area (Å²) in [7, 11) is 0. The molecule has 0 saturated heterocycles. The summed E-state index contributed by atoms with van der Waals surface area (Å²) in [6.45, 7) is 2.16. The maximum Gasteiger partial charge on any atom is 0.490 e. The maximum atomic E-state index is 10.6. The molecule has 4 heterocycles. The zero-order valence-corrected chi connectivity index (χ0v) is 21.5. The standard InChI is InChI=1S/C21H17N5S.2C2HF3O2/c1-2-27-17-8-4-3-6-14(17)21-25-18-13-9-11-22-12-16(13)24-20-15(19(18)26-21)7-5-10-23-20;2*3-2(4,5)1(6)7/h3-12H,2H2,1H3,(H,23,24)(H,25,26);2*(H,6,7). The number of halogens is 6. The Labute approximate surface area is 231 Å². The van der Waals surface area contributed by atoms with E-state index in [-0.39, 0.29) is 0 Å². The minimum atomic E-state index is -5.08. The highest BCUT2D eigenvalue weighted by atomic mass is 32.2. The van der Waals surface area contributed by atoms with Gasteiger partial charge in [0.2, 0.25) is 0 Å². The first kappa shape index (κ1) is 30.9. The Morgan fingerprint density at radius 3 is 2.10 bits per heavy atom. The summed E-state index contributed by atoms with van der Waals surface area (Å²) < 4.78 is 63.5. The molecule has 0 atom stereocenters. The van der Waals surface area contributed by atoms with E-state index in [2.05, 4.69) is 51.5 Å². The van der Waals surface area contributed by atoms with Crippen LogP contribution in [0.1, 0.15) is 6.92 Å². The van der Waals surface area contributed by atoms with Crippen molar-refractivity contribution in [1.82, 2.24) is 19.9 Å². The molecule has 1 aromatic carbocycles. The Kier molecular flexibility index (Phi) is 9.59. The number of benzene rings is 1. The molecule has 41 heavy (non-hydrogen) atoms. The number of aromatic nitrogens is 4. The number of alkyl halides is 6. The summed E-state index contributed by atoms with van der Waals surface area (Å²) in [6, 6.07) is 14.4. The number of thioether (sulfide) groups is 1. The van der Waals surface area contributed by atoms with Crippen molar-refractivity contribution in [3.63, 3.8) is 0 Å². The molecule has 0 radical (unpaired) electrons. The van der Waals surface area contributed by atoms with Crippen LogP contribution in [0.25, 0.3) is 33.9 Å². The van der Waals surface area contributed by atoms with Gasteiger partial charge < -0.3 is 20.5 Å². The molecule has 9 nitrogen and oxygen atoms in total. The van der Waals surface area contributed by atoms with E-state index in [1.54, 1.807) is 12.4 Å². The van der Waals surface area contributed by atoms with E-state index >= 15 is 0 Å². The highest BCUT2D eigenvalue weighted by Crippen LogP contribution is 2.43. The number of hydrogen-bond acceptors (Lipinski definition) is 7. The third kappa shape index (κ3) is 7.75. The van der Waals surface area contributed by atoms with E-state index in [1.807, 2.05) is 36.2 Å². The Morgan fingerprint density at radius 1 is 0.878 bits per heavy atom. The van der Waals surface area contributed by atoms with Crippen molar-refractivity contribution in [2.75, 3.05) is 11.1 Å². The van der Waals surface area contributed by atoms with Gasteiger partial charge in [0.1, 0.15) is 17.3 Å². The quantitative estimate of drug-likeness (QED) is 0.133. The van der Waals surface area contributed by atoms with Gasteiger partial charge in [-0.05, 0) is 30.0 Å². The monoisotopic (exact) mass is 599 g/mol. The summed E-state index contributed by atoms with van der Waals surface area (Å²) in [4.78, 5) is 36.3. The lowest BCUT2D eigenvalue weighted by Gasteiger charge is -2.08. The second-order valence-corrected chi connectivity index (χ2v) is 9.10. The number of carboxylic acid groups (broad SMARTS) is 2. The van der Waals surface area contributed by atoms with Crippen LogP contribution in [0.15, 0.2) is 66.0 Å². The number of nitrogens with zero attached hydrogens (tertiary/aromatic N) is 3. The molecule has 4 aromatic rings. The number of nitrogens with one attached hydrogen (secondary N) is 2. The highest BCUT2D eigenvalue weighted by molar-refractivity contribution is 7.99. The minimum Gasteiger partial charge on any atom is -0.475 e. The second kappa shape index (κ2) is 12.7. The van der Waals surface area contributed by atoms with Crippen LogP contribution in [0.2, 0.25) is 0 Å². The highest BCUT2D eigenvalue weighted by Gasteiger charge is 2.38. The zero-order valence-electron chi connectivity index (χ0n) is 20.7. The number of aromatic amines is 1. The molecule has 5 rings (SSSR count). The minimum absolute atomic E-state index is 0.791. The number of carboxylic acids is 2. The number of fused-ring (bicyclic) bond motifs is 5. The van der Waals surface area contributed by atoms with E-state index in [0.717, 1.165) is 51.2 Å². The van der Waals surface area contributed by atoms with Gasteiger partial charge in [-0.25, -0.2) is 19.6 Å². The molecule has 4 N–H and O–H groups in total. The van der Waals surface area contributed by atoms with E-state index < -0.39 is 24.3 Å². The van der Waals surface area contributed by atoms with Crippen LogP contribution in [0, 0.1) is 0 Å². The van der Waals surface area contributed by atoms with E-state index in [9.17, 15) is 26.3 Å². The first-order chi connectivity index (χ1) is 19.2. The first-order valence-electron chi connectivity index (χ1n) is 11.3. The van der Waals surface area contributed by atoms with Gasteiger partial charge in [0.05, 0.1) is 17.6 Å². The van der Waals surface area contributed by atoms with Crippen LogP contribution < -0.4 is 5.32 Å². The molecular formula is C25H19F6N5O4S. The van der Waals surface area contributed by atoms with Crippen molar-refractivity contribution in [2.45, 2.75) is 24.2 Å². The molecule has 0 spiro atoms. The Morgan fingerprint density at radius 2 is 1.49 bits per heavy atom. The normalized spacial score (nSPS) is 11.6. The van der Waals surface area contributed by atoms with E-state index in [4.69, 9.17) is 24.8 Å². The average Bonchev–Trinajstić information content (AvgIpc) is 3.29. The number of H-pyrrole nitrogens is 1. The smallest absolute Gasteiger partial charge is 0.475 e. The zero-order chi connectivity index (χ0) is 30.4. The lowest BCUT2D eigenvalue weighted by atomic mass is 10.1. The Balaban J connectivity index is 0.000000276. The molecule has 216 valence electrons. The van der Waals surface area contributed by atoms with Crippen LogP contribution in [0.4, 0.5) is 37.8 Å². The Hall–Kier alpha value is -4.60. The van der Waals surface area contributed by atoms with E-state index in [0.29, 0.717) is 0 Å². The van der Waals surface area contributed by atoms with Crippen molar-refractivity contribution in [2.24, 2.45) is 0 Å². The number of hydrogen-bond donors (Lipinski definition) is 4. The first-order valence-corrected chi connectivity index (χ1v) is 12.3.